The molecule has 0 spiro atoms. The zero-order chi connectivity index (χ0) is 13.7. The van der Waals surface area contributed by atoms with Crippen LogP contribution in [0.15, 0.2) is 18.2 Å². The summed E-state index contributed by atoms with van der Waals surface area (Å²) >= 11 is 0. The highest BCUT2D eigenvalue weighted by Gasteiger charge is 2.23. The summed E-state index contributed by atoms with van der Waals surface area (Å²) in [6.07, 6.45) is 2.56. The molecule has 2 rings (SSSR count). The lowest BCUT2D eigenvalue weighted by molar-refractivity contribution is 0.169. The van der Waals surface area contributed by atoms with E-state index in [0.717, 1.165) is 38.3 Å². The molecule has 1 aliphatic heterocycles. The fourth-order valence-corrected chi connectivity index (χ4v) is 2.56. The van der Waals surface area contributed by atoms with Crippen LogP contribution < -0.4 is 10.1 Å². The van der Waals surface area contributed by atoms with Crippen LogP contribution in [0.2, 0.25) is 0 Å². The summed E-state index contributed by atoms with van der Waals surface area (Å²) in [5, 5.41) is 3.43. The number of ether oxygens (including phenoxy) is 1. The van der Waals surface area contributed by atoms with E-state index in [1.807, 2.05) is 0 Å². The molecule has 106 valence electrons. The number of hydrogen-bond donors (Lipinski definition) is 1. The number of fused-ring (bicyclic) bond motifs is 1. The van der Waals surface area contributed by atoms with Crippen molar-refractivity contribution in [1.29, 1.82) is 0 Å². The van der Waals surface area contributed by atoms with Crippen molar-refractivity contribution in [2.45, 2.75) is 32.8 Å². The number of nitrogens with zero attached hydrogens (tertiary/aromatic N) is 1. The number of hydrogen-bond acceptors (Lipinski definition) is 3. The summed E-state index contributed by atoms with van der Waals surface area (Å²) in [5.74, 6) is 1.08. The van der Waals surface area contributed by atoms with Crippen LogP contribution in [0.4, 0.5) is 0 Å². The smallest absolute Gasteiger partial charge is 0.123 e. The highest BCUT2D eigenvalue weighted by atomic mass is 16.5. The van der Waals surface area contributed by atoms with E-state index in [2.05, 4.69) is 49.3 Å². The summed E-state index contributed by atoms with van der Waals surface area (Å²) in [7, 11) is 2.17. The molecule has 0 saturated heterocycles. The number of benzene rings is 1. The number of nitrogens with one attached hydrogen (secondary N) is 1. The van der Waals surface area contributed by atoms with Gasteiger partial charge in [-0.05, 0) is 38.6 Å². The Morgan fingerprint density at radius 2 is 2.21 bits per heavy atom. The molecule has 1 aromatic rings. The van der Waals surface area contributed by atoms with Crippen molar-refractivity contribution in [3.8, 4) is 5.75 Å². The van der Waals surface area contributed by atoms with Crippen LogP contribution >= 0.6 is 0 Å². The summed E-state index contributed by atoms with van der Waals surface area (Å²) in [6.45, 7) is 8.58. The molecule has 1 unspecified atom stereocenters. The van der Waals surface area contributed by atoms with E-state index >= 15 is 0 Å². The lowest BCUT2D eigenvalue weighted by Crippen LogP contribution is -2.36. The first-order chi connectivity index (χ1) is 9.19. The fraction of sp³-hybridized carbons (Fsp3) is 0.625. The Morgan fingerprint density at radius 3 is 3.00 bits per heavy atom. The van der Waals surface area contributed by atoms with Crippen molar-refractivity contribution in [1.82, 2.24) is 10.2 Å². The molecule has 1 heterocycles. The number of rotatable bonds is 7. The molecule has 1 N–H and O–H groups in total. The van der Waals surface area contributed by atoms with Crippen molar-refractivity contribution in [3.63, 3.8) is 0 Å². The van der Waals surface area contributed by atoms with E-state index in [4.69, 9.17) is 4.74 Å². The maximum Gasteiger partial charge on any atom is 0.123 e. The van der Waals surface area contributed by atoms with Crippen LogP contribution in [0.1, 0.15) is 24.5 Å². The average molecular weight is 262 g/mol. The van der Waals surface area contributed by atoms with Gasteiger partial charge in [-0.3, -0.25) is 0 Å². The monoisotopic (exact) mass is 262 g/mol. The Morgan fingerprint density at radius 1 is 1.37 bits per heavy atom. The zero-order valence-corrected chi connectivity index (χ0v) is 12.4. The quantitative estimate of drug-likeness (QED) is 0.763. The Bertz CT molecular complexity index is 406. The summed E-state index contributed by atoms with van der Waals surface area (Å²) < 4.78 is 6.00. The second kappa shape index (κ2) is 6.92. The average Bonchev–Trinajstić information content (AvgIpc) is 2.76. The second-order valence-electron chi connectivity index (χ2n) is 5.57. The van der Waals surface area contributed by atoms with Crippen LogP contribution in [0.5, 0.6) is 5.75 Å². The molecular weight excluding hydrogens is 236 g/mol. The van der Waals surface area contributed by atoms with E-state index in [-0.39, 0.29) is 0 Å². The Balaban J connectivity index is 1.74. The lowest BCUT2D eigenvalue weighted by Gasteiger charge is -2.20. The van der Waals surface area contributed by atoms with E-state index in [1.165, 1.54) is 17.5 Å². The number of likely N-dealkylation sites (N-methyl/N-ethyl adjacent to an activating group) is 1. The highest BCUT2D eigenvalue weighted by Crippen LogP contribution is 2.29. The summed E-state index contributed by atoms with van der Waals surface area (Å²) in [6, 6.07) is 6.48. The predicted molar refractivity (Wildman–Crippen MR) is 80.0 cm³/mol. The molecule has 3 heteroatoms. The Hall–Kier alpha value is -1.06. The van der Waals surface area contributed by atoms with Gasteiger partial charge in [0.2, 0.25) is 0 Å². The van der Waals surface area contributed by atoms with Crippen molar-refractivity contribution < 1.29 is 4.74 Å². The van der Waals surface area contributed by atoms with E-state index in [9.17, 15) is 0 Å². The second-order valence-corrected chi connectivity index (χ2v) is 5.57. The summed E-state index contributed by atoms with van der Waals surface area (Å²) in [5.41, 5.74) is 2.68. The molecule has 3 nitrogen and oxygen atoms in total. The topological polar surface area (TPSA) is 24.5 Å². The fourth-order valence-electron chi connectivity index (χ4n) is 2.56. The standard InChI is InChI=1S/C16H26N2O/c1-4-7-17-8-9-18(3)12-15-11-14-10-13(2)5-6-16(14)19-15/h5-6,10,15,17H,4,7-9,11-12H2,1-3H3. The zero-order valence-electron chi connectivity index (χ0n) is 12.4. The SMILES string of the molecule is CCCNCCN(C)CC1Cc2cc(C)ccc2O1. The third kappa shape index (κ3) is 4.22. The van der Waals surface area contributed by atoms with Gasteiger partial charge < -0.3 is 15.0 Å². The minimum Gasteiger partial charge on any atom is -0.488 e. The van der Waals surface area contributed by atoms with Gasteiger partial charge in [0.15, 0.2) is 0 Å². The predicted octanol–water partition coefficient (Wildman–Crippen LogP) is 2.23. The van der Waals surface area contributed by atoms with Gasteiger partial charge in [-0.25, -0.2) is 0 Å². The van der Waals surface area contributed by atoms with Crippen LogP contribution in [-0.4, -0.2) is 44.2 Å². The molecule has 0 aromatic heterocycles. The van der Waals surface area contributed by atoms with Crippen molar-refractivity contribution in [2.24, 2.45) is 0 Å². The Kier molecular flexibility index (Phi) is 5.23. The first-order valence-corrected chi connectivity index (χ1v) is 7.34. The molecular formula is C16H26N2O. The number of aryl methyl sites for hydroxylation is 1. The largest absolute Gasteiger partial charge is 0.488 e. The molecule has 19 heavy (non-hydrogen) atoms. The minimum absolute atomic E-state index is 0.313. The highest BCUT2D eigenvalue weighted by molar-refractivity contribution is 5.40. The normalized spacial score (nSPS) is 17.6. The van der Waals surface area contributed by atoms with Crippen molar-refractivity contribution in [2.75, 3.05) is 33.2 Å². The van der Waals surface area contributed by atoms with Crippen LogP contribution in [0.3, 0.4) is 0 Å². The van der Waals surface area contributed by atoms with Gasteiger partial charge in [0.25, 0.3) is 0 Å². The van der Waals surface area contributed by atoms with Gasteiger partial charge in [0.1, 0.15) is 11.9 Å². The van der Waals surface area contributed by atoms with Crippen LogP contribution in [0, 0.1) is 6.92 Å². The maximum atomic E-state index is 6.00. The molecule has 0 fully saturated rings. The van der Waals surface area contributed by atoms with E-state index in [1.54, 1.807) is 0 Å². The van der Waals surface area contributed by atoms with Gasteiger partial charge in [-0.1, -0.05) is 24.6 Å². The van der Waals surface area contributed by atoms with E-state index in [0.29, 0.717) is 6.10 Å². The van der Waals surface area contributed by atoms with Gasteiger partial charge >= 0.3 is 0 Å². The van der Waals surface area contributed by atoms with Crippen molar-refractivity contribution in [3.05, 3.63) is 29.3 Å². The minimum atomic E-state index is 0.313. The molecule has 0 radical (unpaired) electrons. The molecule has 1 atom stereocenters. The third-order valence-electron chi connectivity index (χ3n) is 3.57. The molecule has 0 bridgehead atoms. The molecule has 1 aliphatic rings. The first-order valence-electron chi connectivity index (χ1n) is 7.34. The molecule has 1 aromatic carbocycles. The van der Waals surface area contributed by atoms with Gasteiger partial charge in [0.05, 0.1) is 0 Å². The molecule has 0 saturated carbocycles. The maximum absolute atomic E-state index is 6.00. The van der Waals surface area contributed by atoms with Gasteiger partial charge in [-0.15, -0.1) is 0 Å². The van der Waals surface area contributed by atoms with Gasteiger partial charge in [-0.2, -0.15) is 0 Å². The molecule has 0 amide bonds. The summed E-state index contributed by atoms with van der Waals surface area (Å²) in [4.78, 5) is 2.35. The van der Waals surface area contributed by atoms with Gasteiger partial charge in [0, 0.05) is 26.1 Å². The Labute approximate surface area is 116 Å². The molecule has 0 aliphatic carbocycles. The van der Waals surface area contributed by atoms with Crippen LogP contribution in [0.25, 0.3) is 0 Å². The van der Waals surface area contributed by atoms with E-state index < -0.39 is 0 Å². The van der Waals surface area contributed by atoms with Crippen molar-refractivity contribution >= 4 is 0 Å². The lowest BCUT2D eigenvalue weighted by atomic mass is 10.1. The van der Waals surface area contributed by atoms with Crippen LogP contribution in [-0.2, 0) is 6.42 Å². The third-order valence-corrected chi connectivity index (χ3v) is 3.57. The first kappa shape index (κ1) is 14.4.